The van der Waals surface area contributed by atoms with E-state index < -0.39 is 10.0 Å². The standard InChI is InChI=1S/C24H21N3O3S2/c1-17-3-13-22(14-4-17)32(29,30)27(2)21-11-7-18(8-12-21)23(28)26-20-9-5-19(6-10-20)24-25-15-16-31-24/h3-16H,1-2H3,(H,26,28). The van der Waals surface area contributed by atoms with E-state index in [-0.39, 0.29) is 10.8 Å². The molecule has 0 bridgehead atoms. The Morgan fingerprint density at radius 1 is 0.938 bits per heavy atom. The molecule has 0 radical (unpaired) electrons. The molecule has 32 heavy (non-hydrogen) atoms. The highest BCUT2D eigenvalue weighted by atomic mass is 32.2. The van der Waals surface area contributed by atoms with Crippen molar-refractivity contribution in [2.75, 3.05) is 16.7 Å². The van der Waals surface area contributed by atoms with Crippen LogP contribution >= 0.6 is 11.3 Å². The van der Waals surface area contributed by atoms with E-state index in [0.29, 0.717) is 16.9 Å². The normalized spacial score (nSPS) is 11.2. The van der Waals surface area contributed by atoms with Gasteiger partial charge in [0.25, 0.3) is 15.9 Å². The monoisotopic (exact) mass is 463 g/mol. The maximum atomic E-state index is 12.9. The fraction of sp³-hybridized carbons (Fsp3) is 0.0833. The minimum atomic E-state index is -3.68. The second kappa shape index (κ2) is 8.94. The van der Waals surface area contributed by atoms with Gasteiger partial charge in [-0.1, -0.05) is 17.7 Å². The molecular formula is C24H21N3O3S2. The molecule has 0 fully saturated rings. The van der Waals surface area contributed by atoms with Crippen molar-refractivity contribution in [1.29, 1.82) is 0 Å². The highest BCUT2D eigenvalue weighted by Gasteiger charge is 2.21. The Kier molecular flexibility index (Phi) is 6.07. The Hall–Kier alpha value is -3.49. The van der Waals surface area contributed by atoms with Crippen LogP contribution in [0.4, 0.5) is 11.4 Å². The summed E-state index contributed by atoms with van der Waals surface area (Å²) < 4.78 is 26.9. The van der Waals surface area contributed by atoms with Gasteiger partial charge in [-0.3, -0.25) is 9.10 Å². The van der Waals surface area contributed by atoms with E-state index in [9.17, 15) is 13.2 Å². The highest BCUT2D eigenvalue weighted by Crippen LogP contribution is 2.25. The molecule has 0 atom stereocenters. The van der Waals surface area contributed by atoms with E-state index in [0.717, 1.165) is 16.1 Å². The predicted octanol–water partition coefficient (Wildman–Crippen LogP) is 5.20. The maximum Gasteiger partial charge on any atom is 0.264 e. The van der Waals surface area contributed by atoms with Crippen LogP contribution in [0.25, 0.3) is 10.6 Å². The molecule has 6 nitrogen and oxygen atoms in total. The summed E-state index contributed by atoms with van der Waals surface area (Å²) in [6, 6.07) is 20.6. The number of aryl methyl sites for hydroxylation is 1. The number of aromatic nitrogens is 1. The van der Waals surface area contributed by atoms with Gasteiger partial charge in [0.1, 0.15) is 5.01 Å². The van der Waals surface area contributed by atoms with Crippen LogP contribution in [0.5, 0.6) is 0 Å². The van der Waals surface area contributed by atoms with Gasteiger partial charge in [0, 0.05) is 35.4 Å². The van der Waals surface area contributed by atoms with Crippen LogP contribution in [-0.4, -0.2) is 26.4 Å². The summed E-state index contributed by atoms with van der Waals surface area (Å²) in [6.45, 7) is 1.90. The van der Waals surface area contributed by atoms with Crippen molar-refractivity contribution in [1.82, 2.24) is 4.98 Å². The topological polar surface area (TPSA) is 79.4 Å². The molecule has 4 aromatic rings. The molecule has 0 aliphatic heterocycles. The van der Waals surface area contributed by atoms with E-state index in [2.05, 4.69) is 10.3 Å². The van der Waals surface area contributed by atoms with E-state index in [1.165, 1.54) is 11.4 Å². The number of thiazole rings is 1. The molecule has 0 unspecified atom stereocenters. The number of rotatable bonds is 6. The Morgan fingerprint density at radius 3 is 2.19 bits per heavy atom. The number of carbonyl (C=O) groups is 1. The van der Waals surface area contributed by atoms with Crippen molar-refractivity contribution in [3.8, 4) is 10.6 Å². The zero-order valence-electron chi connectivity index (χ0n) is 17.5. The van der Waals surface area contributed by atoms with Gasteiger partial charge in [-0.05, 0) is 67.6 Å². The van der Waals surface area contributed by atoms with Gasteiger partial charge in [-0.2, -0.15) is 0 Å². The predicted molar refractivity (Wildman–Crippen MR) is 129 cm³/mol. The lowest BCUT2D eigenvalue weighted by Crippen LogP contribution is -2.26. The number of hydrogen-bond acceptors (Lipinski definition) is 5. The van der Waals surface area contributed by atoms with Crippen LogP contribution in [0.1, 0.15) is 15.9 Å². The molecule has 1 N–H and O–H groups in total. The molecule has 0 aliphatic rings. The summed E-state index contributed by atoms with van der Waals surface area (Å²) in [5.41, 5.74) is 3.53. The maximum absolute atomic E-state index is 12.9. The third-order valence-electron chi connectivity index (χ3n) is 4.99. The van der Waals surface area contributed by atoms with Crippen molar-refractivity contribution >= 4 is 38.6 Å². The lowest BCUT2D eigenvalue weighted by Gasteiger charge is -2.20. The van der Waals surface area contributed by atoms with E-state index in [1.807, 2.05) is 36.6 Å². The highest BCUT2D eigenvalue weighted by molar-refractivity contribution is 7.92. The summed E-state index contributed by atoms with van der Waals surface area (Å²) in [5.74, 6) is -0.275. The second-order valence-electron chi connectivity index (χ2n) is 7.20. The van der Waals surface area contributed by atoms with Crippen molar-refractivity contribution < 1.29 is 13.2 Å². The van der Waals surface area contributed by atoms with Gasteiger partial charge < -0.3 is 5.32 Å². The summed E-state index contributed by atoms with van der Waals surface area (Å²) >= 11 is 1.55. The molecule has 0 spiro atoms. The van der Waals surface area contributed by atoms with Gasteiger partial charge in [-0.15, -0.1) is 11.3 Å². The van der Waals surface area contributed by atoms with E-state index in [1.54, 1.807) is 66.1 Å². The second-order valence-corrected chi connectivity index (χ2v) is 10.1. The molecular weight excluding hydrogens is 442 g/mol. The van der Waals surface area contributed by atoms with Crippen molar-refractivity contribution in [2.45, 2.75) is 11.8 Å². The van der Waals surface area contributed by atoms with Crippen LogP contribution in [0, 0.1) is 6.92 Å². The van der Waals surface area contributed by atoms with Crippen molar-refractivity contribution in [3.05, 3.63) is 95.5 Å². The Labute approximate surface area is 191 Å². The number of amides is 1. The van der Waals surface area contributed by atoms with E-state index in [4.69, 9.17) is 0 Å². The van der Waals surface area contributed by atoms with E-state index >= 15 is 0 Å². The number of nitrogens with zero attached hydrogens (tertiary/aromatic N) is 2. The summed E-state index contributed by atoms with van der Waals surface area (Å²) in [4.78, 5) is 17.1. The molecule has 162 valence electrons. The minimum Gasteiger partial charge on any atom is -0.322 e. The van der Waals surface area contributed by atoms with Gasteiger partial charge >= 0.3 is 0 Å². The Morgan fingerprint density at radius 2 is 1.59 bits per heavy atom. The van der Waals surface area contributed by atoms with Gasteiger partial charge in [0.2, 0.25) is 0 Å². The van der Waals surface area contributed by atoms with Crippen LogP contribution in [0.2, 0.25) is 0 Å². The fourth-order valence-corrected chi connectivity index (χ4v) is 4.94. The first-order chi connectivity index (χ1) is 15.3. The van der Waals surface area contributed by atoms with Crippen LogP contribution in [0.15, 0.2) is 89.3 Å². The number of sulfonamides is 1. The molecule has 4 rings (SSSR count). The first-order valence-corrected chi connectivity index (χ1v) is 12.1. The number of carbonyl (C=O) groups excluding carboxylic acids is 1. The average molecular weight is 464 g/mol. The molecule has 1 aromatic heterocycles. The fourth-order valence-electron chi connectivity index (χ4n) is 3.10. The lowest BCUT2D eigenvalue weighted by molar-refractivity contribution is 0.102. The first-order valence-electron chi connectivity index (χ1n) is 9.81. The zero-order valence-corrected chi connectivity index (χ0v) is 19.2. The molecule has 0 saturated carbocycles. The Balaban J connectivity index is 1.46. The summed E-state index contributed by atoms with van der Waals surface area (Å²) in [5, 5.41) is 5.69. The molecule has 1 heterocycles. The van der Waals surface area contributed by atoms with Gasteiger partial charge in [0.05, 0.1) is 10.6 Å². The molecule has 8 heteroatoms. The van der Waals surface area contributed by atoms with Crippen molar-refractivity contribution in [3.63, 3.8) is 0 Å². The third-order valence-corrected chi connectivity index (χ3v) is 7.62. The van der Waals surface area contributed by atoms with Gasteiger partial charge in [0.15, 0.2) is 0 Å². The molecule has 1 amide bonds. The van der Waals surface area contributed by atoms with Crippen molar-refractivity contribution in [2.24, 2.45) is 0 Å². The Bertz CT molecular complexity index is 1320. The smallest absolute Gasteiger partial charge is 0.264 e. The molecule has 3 aromatic carbocycles. The lowest BCUT2D eigenvalue weighted by atomic mass is 10.1. The number of benzene rings is 3. The summed E-state index contributed by atoms with van der Waals surface area (Å²) in [7, 11) is -2.19. The van der Waals surface area contributed by atoms with Crippen LogP contribution in [-0.2, 0) is 10.0 Å². The zero-order chi connectivity index (χ0) is 22.7. The van der Waals surface area contributed by atoms with Gasteiger partial charge in [-0.25, -0.2) is 13.4 Å². The number of hydrogen-bond donors (Lipinski definition) is 1. The third kappa shape index (κ3) is 4.56. The first kappa shape index (κ1) is 21.7. The molecule has 0 aliphatic carbocycles. The molecule has 0 saturated heterocycles. The largest absolute Gasteiger partial charge is 0.322 e. The van der Waals surface area contributed by atoms with Crippen LogP contribution in [0.3, 0.4) is 0 Å². The van der Waals surface area contributed by atoms with Crippen LogP contribution < -0.4 is 9.62 Å². The quantitative estimate of drug-likeness (QED) is 0.426. The number of anilines is 2. The minimum absolute atomic E-state index is 0.216. The number of nitrogens with one attached hydrogen (secondary N) is 1. The summed E-state index contributed by atoms with van der Waals surface area (Å²) in [6.07, 6.45) is 1.75. The SMILES string of the molecule is Cc1ccc(S(=O)(=O)N(C)c2ccc(C(=O)Nc3ccc(-c4nccs4)cc3)cc2)cc1. The average Bonchev–Trinajstić information content (AvgIpc) is 3.34.